The smallest absolute Gasteiger partial charge is 0.309 e. The van der Waals surface area contributed by atoms with Crippen LogP contribution in [0.5, 0.6) is 0 Å². The molecule has 0 aliphatic carbocycles. The lowest BCUT2D eigenvalue weighted by atomic mass is 9.97. The summed E-state index contributed by atoms with van der Waals surface area (Å²) < 4.78 is 18.8. The van der Waals surface area contributed by atoms with Gasteiger partial charge in [0.25, 0.3) is 0 Å². The molecule has 0 amide bonds. The van der Waals surface area contributed by atoms with Gasteiger partial charge >= 0.3 is 5.97 Å². The summed E-state index contributed by atoms with van der Waals surface area (Å²) in [4.78, 5) is 23.0. The maximum absolute atomic E-state index is 13.7. The monoisotopic (exact) mass is 379 g/mol. The van der Waals surface area contributed by atoms with E-state index in [1.165, 1.54) is 12.3 Å². The predicted molar refractivity (Wildman–Crippen MR) is 107 cm³/mol. The second-order valence-electron chi connectivity index (χ2n) is 6.95. The number of hydrogen-bond donors (Lipinski definition) is 0. The van der Waals surface area contributed by atoms with Crippen LogP contribution < -0.4 is 4.90 Å². The number of ether oxygens (including phenoxy) is 1. The highest BCUT2D eigenvalue weighted by molar-refractivity contribution is 5.94. The highest BCUT2D eigenvalue weighted by atomic mass is 19.1. The van der Waals surface area contributed by atoms with Gasteiger partial charge in [-0.3, -0.25) is 9.78 Å². The second-order valence-corrected chi connectivity index (χ2v) is 6.95. The molecule has 1 fully saturated rings. The van der Waals surface area contributed by atoms with Crippen LogP contribution in [0.3, 0.4) is 0 Å². The number of pyridine rings is 2. The molecule has 0 spiro atoms. The summed E-state index contributed by atoms with van der Waals surface area (Å²) in [7, 11) is 0. The average Bonchev–Trinajstić information content (AvgIpc) is 2.73. The second kappa shape index (κ2) is 7.92. The predicted octanol–water partition coefficient (Wildman–Crippen LogP) is 4.22. The quantitative estimate of drug-likeness (QED) is 0.636. The highest BCUT2D eigenvalue weighted by Crippen LogP contribution is 2.30. The first-order valence-corrected chi connectivity index (χ1v) is 9.58. The average molecular weight is 379 g/mol. The SMILES string of the molecule is CCOC(=O)C1CCN(c2ccc3cccc(-c4cncc(F)c4)c3n2)CC1. The van der Waals surface area contributed by atoms with Gasteiger partial charge in [-0.05, 0) is 38.0 Å². The number of carbonyl (C=O) groups is 1. The van der Waals surface area contributed by atoms with Crippen molar-refractivity contribution in [2.75, 3.05) is 24.6 Å². The van der Waals surface area contributed by atoms with Crippen molar-refractivity contribution >= 4 is 22.7 Å². The number of esters is 1. The van der Waals surface area contributed by atoms with Crippen LogP contribution in [0, 0.1) is 11.7 Å². The summed E-state index contributed by atoms with van der Waals surface area (Å²) >= 11 is 0. The zero-order chi connectivity index (χ0) is 19.5. The number of fused-ring (bicyclic) bond motifs is 1. The van der Waals surface area contributed by atoms with Crippen molar-refractivity contribution in [3.63, 3.8) is 0 Å². The number of nitrogens with zero attached hydrogens (tertiary/aromatic N) is 3. The lowest BCUT2D eigenvalue weighted by Gasteiger charge is -2.31. The van der Waals surface area contributed by atoms with E-state index in [1.807, 2.05) is 37.3 Å². The van der Waals surface area contributed by atoms with Gasteiger partial charge in [0.1, 0.15) is 11.6 Å². The Bertz CT molecular complexity index is 1000. The molecule has 0 N–H and O–H groups in total. The minimum Gasteiger partial charge on any atom is -0.466 e. The third-order valence-corrected chi connectivity index (χ3v) is 5.16. The fourth-order valence-corrected chi connectivity index (χ4v) is 3.71. The van der Waals surface area contributed by atoms with Crippen LogP contribution in [0.4, 0.5) is 10.2 Å². The van der Waals surface area contributed by atoms with Crippen LogP contribution in [0.1, 0.15) is 19.8 Å². The van der Waals surface area contributed by atoms with E-state index in [-0.39, 0.29) is 17.7 Å². The van der Waals surface area contributed by atoms with Gasteiger partial charge < -0.3 is 9.64 Å². The molecule has 144 valence electrons. The van der Waals surface area contributed by atoms with Crippen LogP contribution >= 0.6 is 0 Å². The fraction of sp³-hybridized carbons (Fsp3) is 0.318. The number of hydrogen-bond acceptors (Lipinski definition) is 5. The number of anilines is 1. The summed E-state index contributed by atoms with van der Waals surface area (Å²) in [6.07, 6.45) is 4.36. The third kappa shape index (κ3) is 3.67. The topological polar surface area (TPSA) is 55.3 Å². The fourth-order valence-electron chi connectivity index (χ4n) is 3.71. The van der Waals surface area contributed by atoms with E-state index >= 15 is 0 Å². The molecule has 3 heterocycles. The van der Waals surface area contributed by atoms with Crippen LogP contribution in [0.15, 0.2) is 48.8 Å². The number of benzene rings is 1. The van der Waals surface area contributed by atoms with Gasteiger partial charge in [0.05, 0.1) is 24.2 Å². The van der Waals surface area contributed by atoms with Crippen molar-refractivity contribution in [2.45, 2.75) is 19.8 Å². The summed E-state index contributed by atoms with van der Waals surface area (Å²) in [5.74, 6) is 0.360. The van der Waals surface area contributed by atoms with E-state index in [0.717, 1.165) is 48.2 Å². The summed E-state index contributed by atoms with van der Waals surface area (Å²) in [6.45, 7) is 3.76. The van der Waals surface area contributed by atoms with Gasteiger partial charge in [-0.15, -0.1) is 0 Å². The van der Waals surface area contributed by atoms with E-state index in [2.05, 4.69) is 9.88 Å². The summed E-state index contributed by atoms with van der Waals surface area (Å²) in [5, 5.41) is 0.993. The molecule has 3 aromatic rings. The molecule has 0 saturated carbocycles. The Kier molecular flexibility index (Phi) is 5.19. The Balaban J connectivity index is 1.62. The summed E-state index contributed by atoms with van der Waals surface area (Å²) in [6, 6.07) is 11.4. The zero-order valence-corrected chi connectivity index (χ0v) is 15.8. The van der Waals surface area contributed by atoms with Crippen LogP contribution in [0.25, 0.3) is 22.0 Å². The van der Waals surface area contributed by atoms with E-state index in [0.29, 0.717) is 12.2 Å². The number of piperidine rings is 1. The van der Waals surface area contributed by atoms with Crippen molar-refractivity contribution in [3.8, 4) is 11.1 Å². The van der Waals surface area contributed by atoms with E-state index in [1.54, 1.807) is 6.20 Å². The van der Waals surface area contributed by atoms with Crippen molar-refractivity contribution in [1.29, 1.82) is 0 Å². The maximum Gasteiger partial charge on any atom is 0.309 e. The van der Waals surface area contributed by atoms with E-state index in [9.17, 15) is 9.18 Å². The molecule has 1 aliphatic rings. The molecular weight excluding hydrogens is 357 g/mol. The molecular formula is C22H22FN3O2. The first-order valence-electron chi connectivity index (χ1n) is 9.58. The minimum absolute atomic E-state index is 0.0365. The molecule has 1 aliphatic heterocycles. The first-order chi connectivity index (χ1) is 13.7. The molecule has 28 heavy (non-hydrogen) atoms. The Morgan fingerprint density at radius 2 is 2.04 bits per heavy atom. The molecule has 0 bridgehead atoms. The standard InChI is InChI=1S/C22H22FN3O2/c1-2-28-22(27)16-8-10-26(11-9-16)20-7-6-15-4-3-5-19(21(15)25-20)17-12-18(23)14-24-13-17/h3-7,12-14,16H,2,8-11H2,1H3. The Morgan fingerprint density at radius 1 is 1.21 bits per heavy atom. The number of rotatable bonds is 4. The lowest BCUT2D eigenvalue weighted by molar-refractivity contribution is -0.148. The first kappa shape index (κ1) is 18.3. The van der Waals surface area contributed by atoms with E-state index in [4.69, 9.17) is 9.72 Å². The van der Waals surface area contributed by atoms with Crippen molar-refractivity contribution in [1.82, 2.24) is 9.97 Å². The van der Waals surface area contributed by atoms with Crippen LogP contribution in [-0.4, -0.2) is 35.6 Å². The van der Waals surface area contributed by atoms with Gasteiger partial charge in [-0.25, -0.2) is 9.37 Å². The number of halogens is 1. The summed E-state index contributed by atoms with van der Waals surface area (Å²) in [5.41, 5.74) is 2.38. The Labute approximate surface area is 163 Å². The van der Waals surface area contributed by atoms with Crippen molar-refractivity contribution in [2.24, 2.45) is 5.92 Å². The van der Waals surface area contributed by atoms with Crippen LogP contribution in [-0.2, 0) is 9.53 Å². The largest absolute Gasteiger partial charge is 0.466 e. The van der Waals surface area contributed by atoms with Gasteiger partial charge in [-0.1, -0.05) is 18.2 Å². The Morgan fingerprint density at radius 3 is 2.79 bits per heavy atom. The van der Waals surface area contributed by atoms with Crippen LogP contribution in [0.2, 0.25) is 0 Å². The van der Waals surface area contributed by atoms with Crippen molar-refractivity contribution < 1.29 is 13.9 Å². The maximum atomic E-state index is 13.7. The molecule has 0 atom stereocenters. The highest BCUT2D eigenvalue weighted by Gasteiger charge is 2.26. The minimum atomic E-state index is -0.369. The zero-order valence-electron chi connectivity index (χ0n) is 15.8. The van der Waals surface area contributed by atoms with Crippen molar-refractivity contribution in [3.05, 3.63) is 54.6 Å². The third-order valence-electron chi connectivity index (χ3n) is 5.16. The number of aromatic nitrogens is 2. The molecule has 1 saturated heterocycles. The molecule has 0 unspecified atom stereocenters. The molecule has 2 aromatic heterocycles. The van der Waals surface area contributed by atoms with Gasteiger partial charge in [0, 0.05) is 35.8 Å². The Hall–Kier alpha value is -3.02. The van der Waals surface area contributed by atoms with Gasteiger partial charge in [-0.2, -0.15) is 0 Å². The molecule has 1 aromatic carbocycles. The normalized spacial score (nSPS) is 15.0. The van der Waals surface area contributed by atoms with E-state index < -0.39 is 0 Å². The van der Waals surface area contributed by atoms with Gasteiger partial charge in [0.15, 0.2) is 0 Å². The number of para-hydroxylation sites is 1. The molecule has 0 radical (unpaired) electrons. The number of carbonyl (C=O) groups excluding carboxylic acids is 1. The molecule has 4 rings (SSSR count). The van der Waals surface area contributed by atoms with Gasteiger partial charge in [0.2, 0.25) is 0 Å². The molecule has 6 heteroatoms. The molecule has 5 nitrogen and oxygen atoms in total. The lowest BCUT2D eigenvalue weighted by Crippen LogP contribution is -2.37.